The fraction of sp³-hybridized carbons (Fsp3) is 0.600. The molecule has 0 aromatic heterocycles. The molecule has 1 saturated heterocycles. The molecule has 0 unspecified atom stereocenters. The van der Waals surface area contributed by atoms with Crippen LogP contribution in [-0.2, 0) is 15.3 Å². The van der Waals surface area contributed by atoms with Gasteiger partial charge in [-0.2, -0.15) is 0 Å². The molecular formula is C15H24N2O2. The number of nitrogens with zero attached hydrogens (tertiary/aromatic N) is 1. The van der Waals surface area contributed by atoms with Crippen molar-refractivity contribution in [1.82, 2.24) is 0 Å². The van der Waals surface area contributed by atoms with E-state index in [0.717, 1.165) is 11.3 Å². The predicted octanol–water partition coefficient (Wildman–Crippen LogP) is 1.94. The second-order valence-corrected chi connectivity index (χ2v) is 6.14. The largest absolute Gasteiger partial charge is 0.378 e. The van der Waals surface area contributed by atoms with Gasteiger partial charge in [-0.15, -0.1) is 0 Å². The van der Waals surface area contributed by atoms with Gasteiger partial charge in [-0.1, -0.05) is 26.0 Å². The molecule has 19 heavy (non-hydrogen) atoms. The number of ether oxygens (including phenoxy) is 2. The summed E-state index contributed by atoms with van der Waals surface area (Å²) in [5.41, 5.74) is 8.07. The van der Waals surface area contributed by atoms with E-state index in [-0.39, 0.29) is 5.41 Å². The van der Waals surface area contributed by atoms with E-state index in [1.807, 2.05) is 26.2 Å². The van der Waals surface area contributed by atoms with Gasteiger partial charge in [-0.25, -0.2) is 0 Å². The van der Waals surface area contributed by atoms with E-state index in [4.69, 9.17) is 15.2 Å². The third-order valence-corrected chi connectivity index (χ3v) is 3.48. The topological polar surface area (TPSA) is 47.7 Å². The van der Waals surface area contributed by atoms with E-state index in [1.165, 1.54) is 0 Å². The molecule has 0 radical (unpaired) electrons. The fourth-order valence-electron chi connectivity index (χ4n) is 2.12. The zero-order chi connectivity index (χ0) is 14.1. The second kappa shape index (κ2) is 5.12. The summed E-state index contributed by atoms with van der Waals surface area (Å²) in [6.45, 7) is 5.88. The van der Waals surface area contributed by atoms with E-state index in [1.54, 1.807) is 0 Å². The lowest BCUT2D eigenvalue weighted by Gasteiger charge is -2.43. The molecule has 0 atom stereocenters. The van der Waals surface area contributed by atoms with Crippen molar-refractivity contribution >= 4 is 5.69 Å². The Kier molecular flexibility index (Phi) is 3.85. The lowest BCUT2D eigenvalue weighted by Crippen LogP contribution is -2.49. The molecule has 0 amide bonds. The maximum absolute atomic E-state index is 5.96. The first-order valence-corrected chi connectivity index (χ1v) is 6.64. The van der Waals surface area contributed by atoms with Gasteiger partial charge >= 0.3 is 0 Å². The van der Waals surface area contributed by atoms with Crippen molar-refractivity contribution < 1.29 is 9.47 Å². The molecule has 4 heteroatoms. The Morgan fingerprint density at radius 1 is 1.11 bits per heavy atom. The summed E-state index contributed by atoms with van der Waals surface area (Å²) in [7, 11) is 4.04. The normalized spacial score (nSPS) is 21.1. The van der Waals surface area contributed by atoms with Gasteiger partial charge in [0.25, 0.3) is 0 Å². The first-order chi connectivity index (χ1) is 8.88. The van der Waals surface area contributed by atoms with Crippen molar-refractivity contribution in [2.24, 2.45) is 11.1 Å². The number of anilines is 1. The standard InChI is InChI=1S/C15H24N2O2/c1-14(2)10-18-15(9-16,19-11-14)12-5-7-13(8-6-12)17(3)4/h5-8H,9-11,16H2,1-4H3. The maximum atomic E-state index is 5.96. The molecule has 0 spiro atoms. The Labute approximate surface area is 115 Å². The summed E-state index contributed by atoms with van der Waals surface area (Å²) in [6, 6.07) is 8.17. The summed E-state index contributed by atoms with van der Waals surface area (Å²) >= 11 is 0. The van der Waals surface area contributed by atoms with E-state index in [0.29, 0.717) is 19.8 Å². The van der Waals surface area contributed by atoms with Crippen LogP contribution in [-0.4, -0.2) is 33.9 Å². The van der Waals surface area contributed by atoms with Gasteiger partial charge in [0.15, 0.2) is 0 Å². The SMILES string of the molecule is CN(C)c1ccc(C2(CN)OCC(C)(C)CO2)cc1. The summed E-state index contributed by atoms with van der Waals surface area (Å²) in [5, 5.41) is 0. The first kappa shape index (κ1) is 14.3. The summed E-state index contributed by atoms with van der Waals surface area (Å²) < 4.78 is 11.9. The Morgan fingerprint density at radius 2 is 1.63 bits per heavy atom. The van der Waals surface area contributed by atoms with Crippen LogP contribution in [0.2, 0.25) is 0 Å². The molecule has 0 aliphatic carbocycles. The van der Waals surface area contributed by atoms with Gasteiger partial charge in [0.05, 0.1) is 19.8 Å². The molecule has 4 nitrogen and oxygen atoms in total. The van der Waals surface area contributed by atoms with Gasteiger partial charge in [0.2, 0.25) is 5.79 Å². The number of nitrogens with two attached hydrogens (primary N) is 1. The molecular weight excluding hydrogens is 240 g/mol. The van der Waals surface area contributed by atoms with Crippen molar-refractivity contribution in [3.8, 4) is 0 Å². The quantitative estimate of drug-likeness (QED) is 0.906. The van der Waals surface area contributed by atoms with Crippen LogP contribution >= 0.6 is 0 Å². The Bertz CT molecular complexity index is 416. The highest BCUT2D eigenvalue weighted by Crippen LogP contribution is 2.36. The van der Waals surface area contributed by atoms with Gasteiger partial charge < -0.3 is 20.1 Å². The molecule has 106 valence electrons. The molecule has 1 aromatic carbocycles. The maximum Gasteiger partial charge on any atom is 0.207 e. The van der Waals surface area contributed by atoms with Crippen LogP contribution in [0.4, 0.5) is 5.69 Å². The van der Waals surface area contributed by atoms with Crippen molar-refractivity contribution in [1.29, 1.82) is 0 Å². The number of hydrogen-bond donors (Lipinski definition) is 1. The second-order valence-electron chi connectivity index (χ2n) is 6.14. The molecule has 1 aromatic rings. The third-order valence-electron chi connectivity index (χ3n) is 3.48. The zero-order valence-corrected chi connectivity index (χ0v) is 12.3. The highest BCUT2D eigenvalue weighted by Gasteiger charge is 2.41. The van der Waals surface area contributed by atoms with E-state index in [9.17, 15) is 0 Å². The molecule has 1 heterocycles. The molecule has 0 saturated carbocycles. The third kappa shape index (κ3) is 2.91. The summed E-state index contributed by atoms with van der Waals surface area (Å²) in [4.78, 5) is 2.06. The number of rotatable bonds is 3. The Hall–Kier alpha value is -1.10. The minimum absolute atomic E-state index is 0.0439. The molecule has 2 rings (SSSR count). The van der Waals surface area contributed by atoms with Crippen LogP contribution < -0.4 is 10.6 Å². The smallest absolute Gasteiger partial charge is 0.207 e. The Balaban J connectivity index is 2.22. The average molecular weight is 264 g/mol. The van der Waals surface area contributed by atoms with Crippen LogP contribution in [0.1, 0.15) is 19.4 Å². The van der Waals surface area contributed by atoms with Gasteiger partial charge in [0, 0.05) is 30.8 Å². The minimum atomic E-state index is -0.791. The molecule has 1 fully saturated rings. The Morgan fingerprint density at radius 3 is 2.05 bits per heavy atom. The van der Waals surface area contributed by atoms with E-state index in [2.05, 4.69) is 30.9 Å². The van der Waals surface area contributed by atoms with E-state index < -0.39 is 5.79 Å². The van der Waals surface area contributed by atoms with Crippen molar-refractivity contribution in [2.75, 3.05) is 38.8 Å². The molecule has 1 aliphatic heterocycles. The lowest BCUT2D eigenvalue weighted by molar-refractivity contribution is -0.302. The molecule has 1 aliphatic rings. The van der Waals surface area contributed by atoms with Crippen LogP contribution in [0, 0.1) is 5.41 Å². The summed E-state index contributed by atoms with van der Waals surface area (Å²) in [6.07, 6.45) is 0. The summed E-state index contributed by atoms with van der Waals surface area (Å²) in [5.74, 6) is -0.791. The molecule has 0 bridgehead atoms. The average Bonchev–Trinajstić information content (AvgIpc) is 2.40. The lowest BCUT2D eigenvalue weighted by atomic mass is 9.93. The van der Waals surface area contributed by atoms with Crippen LogP contribution in [0.15, 0.2) is 24.3 Å². The van der Waals surface area contributed by atoms with E-state index >= 15 is 0 Å². The van der Waals surface area contributed by atoms with Gasteiger partial charge in [0.1, 0.15) is 0 Å². The first-order valence-electron chi connectivity index (χ1n) is 6.64. The zero-order valence-electron chi connectivity index (χ0n) is 12.3. The van der Waals surface area contributed by atoms with Crippen molar-refractivity contribution in [2.45, 2.75) is 19.6 Å². The predicted molar refractivity (Wildman–Crippen MR) is 77.2 cm³/mol. The van der Waals surface area contributed by atoms with Crippen LogP contribution in [0.3, 0.4) is 0 Å². The number of benzene rings is 1. The van der Waals surface area contributed by atoms with Crippen LogP contribution in [0.25, 0.3) is 0 Å². The highest BCUT2D eigenvalue weighted by atomic mass is 16.7. The van der Waals surface area contributed by atoms with Gasteiger partial charge in [-0.05, 0) is 12.1 Å². The van der Waals surface area contributed by atoms with Crippen molar-refractivity contribution in [3.05, 3.63) is 29.8 Å². The highest BCUT2D eigenvalue weighted by molar-refractivity contribution is 5.46. The molecule has 2 N–H and O–H groups in total. The monoisotopic (exact) mass is 264 g/mol. The number of hydrogen-bond acceptors (Lipinski definition) is 4. The van der Waals surface area contributed by atoms with Crippen molar-refractivity contribution in [3.63, 3.8) is 0 Å². The minimum Gasteiger partial charge on any atom is -0.378 e. The van der Waals surface area contributed by atoms with Gasteiger partial charge in [-0.3, -0.25) is 0 Å². The fourth-order valence-corrected chi connectivity index (χ4v) is 2.12. The van der Waals surface area contributed by atoms with Crippen LogP contribution in [0.5, 0.6) is 0 Å².